The molecule has 1 N–H and O–H groups in total. The lowest BCUT2D eigenvalue weighted by Gasteiger charge is -2.08. The van der Waals surface area contributed by atoms with Crippen LogP contribution in [0.15, 0.2) is 41.8 Å². The van der Waals surface area contributed by atoms with Gasteiger partial charge in [0.25, 0.3) is 0 Å². The molecule has 0 radical (unpaired) electrons. The van der Waals surface area contributed by atoms with E-state index in [2.05, 4.69) is 10.1 Å². The van der Waals surface area contributed by atoms with Gasteiger partial charge in [-0.15, -0.1) is 0 Å². The van der Waals surface area contributed by atoms with Gasteiger partial charge in [-0.05, 0) is 18.2 Å². The van der Waals surface area contributed by atoms with Crippen LogP contribution in [-0.4, -0.2) is 22.5 Å². The molecule has 2 aromatic rings. The van der Waals surface area contributed by atoms with Crippen LogP contribution >= 0.6 is 11.6 Å². The molecule has 1 aromatic heterocycles. The monoisotopic (exact) mass is 290 g/mol. The van der Waals surface area contributed by atoms with Crippen molar-refractivity contribution in [3.63, 3.8) is 0 Å². The number of aromatic nitrogens is 1. The smallest absolute Gasteiger partial charge is 0.134 e. The fourth-order valence-electron chi connectivity index (χ4n) is 1.94. The number of hydrogen-bond acceptors (Lipinski definition) is 5. The molecule has 0 unspecified atom stereocenters. The number of benzene rings is 1. The zero-order valence-corrected chi connectivity index (χ0v) is 11.2. The average molecular weight is 291 g/mol. The number of nitrogens with zero attached hydrogens (tertiary/aromatic N) is 2. The molecule has 0 amide bonds. The van der Waals surface area contributed by atoms with E-state index < -0.39 is 0 Å². The maximum Gasteiger partial charge on any atom is 0.134 e. The normalized spacial score (nSPS) is 14.9. The molecule has 3 rings (SSSR count). The number of pyridine rings is 1. The van der Waals surface area contributed by atoms with Crippen LogP contribution in [0, 0.1) is 0 Å². The molecule has 1 aliphatic rings. The zero-order chi connectivity index (χ0) is 13.9. The molecule has 1 aromatic carbocycles. The summed E-state index contributed by atoms with van der Waals surface area (Å²) >= 11 is 6.01. The lowest BCUT2D eigenvalue weighted by molar-refractivity contribution is 0.302. The first-order valence-electron chi connectivity index (χ1n) is 5.97. The molecule has 6 heteroatoms. The van der Waals surface area contributed by atoms with E-state index in [-0.39, 0.29) is 6.61 Å². The molecule has 20 heavy (non-hydrogen) atoms. The summed E-state index contributed by atoms with van der Waals surface area (Å²) in [6, 6.07) is 7.18. The molecular weight excluding hydrogens is 280 g/mol. The van der Waals surface area contributed by atoms with Gasteiger partial charge < -0.3 is 14.7 Å². The number of fused-ring (bicyclic) bond motifs is 1. The minimum absolute atomic E-state index is 0.269. The molecule has 0 aliphatic carbocycles. The van der Waals surface area contributed by atoms with Crippen molar-refractivity contribution in [3.05, 3.63) is 52.8 Å². The molecule has 102 valence electrons. The van der Waals surface area contributed by atoms with Gasteiger partial charge in [0.1, 0.15) is 30.4 Å². The van der Waals surface area contributed by atoms with E-state index in [1.165, 1.54) is 0 Å². The van der Waals surface area contributed by atoms with Crippen molar-refractivity contribution in [2.24, 2.45) is 5.16 Å². The van der Waals surface area contributed by atoms with Gasteiger partial charge in [0.15, 0.2) is 0 Å². The summed E-state index contributed by atoms with van der Waals surface area (Å²) in [7, 11) is 0. The molecule has 0 bridgehead atoms. The van der Waals surface area contributed by atoms with E-state index in [4.69, 9.17) is 26.3 Å². The molecule has 0 saturated carbocycles. The highest BCUT2D eigenvalue weighted by Crippen LogP contribution is 2.30. The highest BCUT2D eigenvalue weighted by molar-refractivity contribution is 6.31. The SMILES string of the molecule is ON=C1COc2cc(OCc3ccncc3Cl)ccc21. The second-order valence-corrected chi connectivity index (χ2v) is 4.66. The first kappa shape index (κ1) is 12.7. The number of oxime groups is 1. The molecular formula is C14H11ClN2O3. The van der Waals surface area contributed by atoms with Crippen LogP contribution in [0.5, 0.6) is 11.5 Å². The van der Waals surface area contributed by atoms with Crippen LogP contribution in [0.2, 0.25) is 5.02 Å². The Labute approximate surface area is 120 Å². The van der Waals surface area contributed by atoms with Gasteiger partial charge in [0, 0.05) is 29.6 Å². The quantitative estimate of drug-likeness (QED) is 0.697. The van der Waals surface area contributed by atoms with Gasteiger partial charge in [-0.25, -0.2) is 0 Å². The molecule has 5 nitrogen and oxygen atoms in total. The van der Waals surface area contributed by atoms with Gasteiger partial charge >= 0.3 is 0 Å². The Morgan fingerprint density at radius 3 is 3.10 bits per heavy atom. The van der Waals surface area contributed by atoms with E-state index in [0.29, 0.717) is 28.8 Å². The Hall–Kier alpha value is -2.27. The number of ether oxygens (including phenoxy) is 2. The Kier molecular flexibility index (Phi) is 3.43. The average Bonchev–Trinajstić information content (AvgIpc) is 2.88. The maximum absolute atomic E-state index is 8.82. The van der Waals surface area contributed by atoms with E-state index in [9.17, 15) is 0 Å². The fourth-order valence-corrected chi connectivity index (χ4v) is 2.11. The van der Waals surface area contributed by atoms with Crippen molar-refractivity contribution >= 4 is 17.3 Å². The predicted molar refractivity (Wildman–Crippen MR) is 73.8 cm³/mol. The van der Waals surface area contributed by atoms with E-state index in [1.54, 1.807) is 30.6 Å². The van der Waals surface area contributed by atoms with Crippen LogP contribution < -0.4 is 9.47 Å². The molecule has 1 aliphatic heterocycles. The summed E-state index contributed by atoms with van der Waals surface area (Å²) < 4.78 is 11.1. The lowest BCUT2D eigenvalue weighted by atomic mass is 10.1. The Bertz CT molecular complexity index is 673. The minimum Gasteiger partial charge on any atom is -0.489 e. The lowest BCUT2D eigenvalue weighted by Crippen LogP contribution is -2.01. The topological polar surface area (TPSA) is 63.9 Å². The summed E-state index contributed by atoms with van der Waals surface area (Å²) in [5.74, 6) is 1.31. The van der Waals surface area contributed by atoms with Crippen molar-refractivity contribution in [1.29, 1.82) is 0 Å². The minimum atomic E-state index is 0.269. The van der Waals surface area contributed by atoms with Crippen LogP contribution in [0.1, 0.15) is 11.1 Å². The number of halogens is 1. The van der Waals surface area contributed by atoms with Gasteiger partial charge in [-0.2, -0.15) is 0 Å². The second-order valence-electron chi connectivity index (χ2n) is 4.25. The van der Waals surface area contributed by atoms with Crippen molar-refractivity contribution in [2.75, 3.05) is 6.61 Å². The third kappa shape index (κ3) is 2.40. The summed E-state index contributed by atoms with van der Waals surface area (Å²) in [5, 5.41) is 12.6. The molecule has 0 fully saturated rings. The summed E-state index contributed by atoms with van der Waals surface area (Å²) in [5.41, 5.74) is 2.16. The van der Waals surface area contributed by atoms with E-state index in [1.807, 2.05) is 6.07 Å². The van der Waals surface area contributed by atoms with Crippen molar-refractivity contribution in [3.8, 4) is 11.5 Å². The van der Waals surface area contributed by atoms with Crippen LogP contribution in [-0.2, 0) is 6.61 Å². The molecule has 0 spiro atoms. The van der Waals surface area contributed by atoms with Crippen LogP contribution in [0.3, 0.4) is 0 Å². The van der Waals surface area contributed by atoms with Crippen molar-refractivity contribution < 1.29 is 14.7 Å². The fraction of sp³-hybridized carbons (Fsp3) is 0.143. The van der Waals surface area contributed by atoms with Gasteiger partial charge in [-0.3, -0.25) is 4.98 Å². The van der Waals surface area contributed by atoms with E-state index in [0.717, 1.165) is 11.1 Å². The van der Waals surface area contributed by atoms with Gasteiger partial charge in [0.2, 0.25) is 0 Å². The maximum atomic E-state index is 8.82. The standard InChI is InChI=1S/C14H11ClN2O3/c15-12-6-16-4-3-9(12)7-19-10-1-2-11-13(17-18)8-20-14(11)5-10/h1-6,18H,7-8H2. The van der Waals surface area contributed by atoms with Crippen LogP contribution in [0.25, 0.3) is 0 Å². The van der Waals surface area contributed by atoms with Crippen LogP contribution in [0.4, 0.5) is 0 Å². The summed E-state index contributed by atoms with van der Waals surface area (Å²) in [6.45, 7) is 0.618. The molecule has 2 heterocycles. The zero-order valence-electron chi connectivity index (χ0n) is 10.4. The van der Waals surface area contributed by atoms with E-state index >= 15 is 0 Å². The van der Waals surface area contributed by atoms with Crippen molar-refractivity contribution in [1.82, 2.24) is 4.98 Å². The Morgan fingerprint density at radius 2 is 2.30 bits per heavy atom. The second kappa shape index (κ2) is 5.38. The third-order valence-corrected chi connectivity index (χ3v) is 3.34. The highest BCUT2D eigenvalue weighted by Gasteiger charge is 2.20. The first-order chi connectivity index (χ1) is 9.78. The Morgan fingerprint density at radius 1 is 1.40 bits per heavy atom. The number of hydrogen-bond donors (Lipinski definition) is 1. The molecule has 0 atom stereocenters. The third-order valence-electron chi connectivity index (χ3n) is 3.00. The van der Waals surface area contributed by atoms with Gasteiger partial charge in [-0.1, -0.05) is 16.8 Å². The molecule has 0 saturated heterocycles. The predicted octanol–water partition coefficient (Wildman–Crippen LogP) is 2.88. The summed E-state index contributed by atoms with van der Waals surface area (Å²) in [4.78, 5) is 3.92. The van der Waals surface area contributed by atoms with Crippen molar-refractivity contribution in [2.45, 2.75) is 6.61 Å². The largest absolute Gasteiger partial charge is 0.489 e. The number of rotatable bonds is 3. The first-order valence-corrected chi connectivity index (χ1v) is 6.35. The highest BCUT2D eigenvalue weighted by atomic mass is 35.5. The Balaban J connectivity index is 1.75. The van der Waals surface area contributed by atoms with Gasteiger partial charge in [0.05, 0.1) is 5.02 Å². The summed E-state index contributed by atoms with van der Waals surface area (Å²) in [6.07, 6.45) is 3.25.